The van der Waals surface area contributed by atoms with E-state index in [4.69, 9.17) is 21.1 Å². The highest BCUT2D eigenvalue weighted by molar-refractivity contribution is 6.33. The van der Waals surface area contributed by atoms with Crippen molar-refractivity contribution in [3.8, 4) is 5.75 Å². The first kappa shape index (κ1) is 12.1. The summed E-state index contributed by atoms with van der Waals surface area (Å²) in [5.41, 5.74) is 0.861. The summed E-state index contributed by atoms with van der Waals surface area (Å²) < 4.78 is 10.2. The molecular formula is C11H16ClNO2. The Morgan fingerprint density at radius 3 is 2.73 bits per heavy atom. The largest absolute Gasteiger partial charge is 0.497 e. The van der Waals surface area contributed by atoms with E-state index < -0.39 is 0 Å². The molecule has 84 valence electrons. The molecule has 1 atom stereocenters. The zero-order valence-electron chi connectivity index (χ0n) is 9.21. The molecule has 1 N–H and O–H groups in total. The van der Waals surface area contributed by atoms with Crippen molar-refractivity contribution < 1.29 is 9.47 Å². The van der Waals surface area contributed by atoms with Crippen LogP contribution in [0.3, 0.4) is 0 Å². The zero-order chi connectivity index (χ0) is 11.3. The van der Waals surface area contributed by atoms with Crippen LogP contribution in [0.15, 0.2) is 18.2 Å². The molecule has 3 nitrogen and oxygen atoms in total. The molecule has 0 radical (unpaired) electrons. The number of hydrogen-bond donors (Lipinski definition) is 1. The Hall–Kier alpha value is -0.930. The smallest absolute Gasteiger partial charge is 0.121 e. The number of rotatable bonds is 5. The Balaban J connectivity index is 2.66. The third kappa shape index (κ3) is 3.61. The monoisotopic (exact) mass is 229 g/mol. The molecule has 0 bridgehead atoms. The van der Waals surface area contributed by atoms with Crippen LogP contribution in [-0.4, -0.2) is 26.9 Å². The van der Waals surface area contributed by atoms with Gasteiger partial charge < -0.3 is 14.8 Å². The number of methoxy groups -OCH3 is 2. The fourth-order valence-corrected chi connectivity index (χ4v) is 1.29. The van der Waals surface area contributed by atoms with Crippen LogP contribution >= 0.6 is 11.6 Å². The van der Waals surface area contributed by atoms with Gasteiger partial charge >= 0.3 is 0 Å². The van der Waals surface area contributed by atoms with Crippen LogP contribution in [-0.2, 0) is 4.74 Å². The quantitative estimate of drug-likeness (QED) is 0.842. The summed E-state index contributed by atoms with van der Waals surface area (Å²) in [6.07, 6.45) is 0.146. The van der Waals surface area contributed by atoms with Crippen LogP contribution in [0, 0.1) is 0 Å². The minimum atomic E-state index is 0.146. The average molecular weight is 230 g/mol. The normalized spacial score (nSPS) is 12.3. The molecule has 0 aliphatic carbocycles. The summed E-state index contributed by atoms with van der Waals surface area (Å²) in [6.45, 7) is 2.70. The Bertz CT molecular complexity index is 317. The number of benzene rings is 1. The second kappa shape index (κ2) is 5.83. The third-order valence-corrected chi connectivity index (χ3v) is 2.49. The van der Waals surface area contributed by atoms with Crippen molar-refractivity contribution in [2.45, 2.75) is 13.0 Å². The molecule has 15 heavy (non-hydrogen) atoms. The third-order valence-electron chi connectivity index (χ3n) is 2.16. The van der Waals surface area contributed by atoms with Crippen LogP contribution in [0.1, 0.15) is 6.92 Å². The lowest BCUT2D eigenvalue weighted by molar-refractivity contribution is 0.129. The van der Waals surface area contributed by atoms with Crippen LogP contribution < -0.4 is 10.1 Å². The van der Waals surface area contributed by atoms with E-state index in [1.54, 1.807) is 20.3 Å². The molecule has 0 saturated heterocycles. The van der Waals surface area contributed by atoms with Crippen molar-refractivity contribution in [1.29, 1.82) is 0 Å². The molecule has 1 rings (SSSR count). The summed E-state index contributed by atoms with van der Waals surface area (Å²) in [5.74, 6) is 0.784. The van der Waals surface area contributed by atoms with E-state index in [-0.39, 0.29) is 6.10 Å². The lowest BCUT2D eigenvalue weighted by atomic mass is 10.3. The molecule has 0 saturated carbocycles. The molecule has 0 aliphatic rings. The first-order valence-corrected chi connectivity index (χ1v) is 5.15. The van der Waals surface area contributed by atoms with Gasteiger partial charge in [0.05, 0.1) is 23.9 Å². The second-order valence-electron chi connectivity index (χ2n) is 3.27. The van der Waals surface area contributed by atoms with Gasteiger partial charge in [-0.25, -0.2) is 0 Å². The Morgan fingerprint density at radius 2 is 2.13 bits per heavy atom. The highest BCUT2D eigenvalue weighted by Crippen LogP contribution is 2.26. The molecule has 0 amide bonds. The molecule has 1 aromatic rings. The molecule has 0 fully saturated rings. The molecule has 0 spiro atoms. The minimum absolute atomic E-state index is 0.146. The molecule has 1 unspecified atom stereocenters. The summed E-state index contributed by atoms with van der Waals surface area (Å²) in [6, 6.07) is 5.50. The van der Waals surface area contributed by atoms with E-state index in [1.807, 2.05) is 19.1 Å². The fourth-order valence-electron chi connectivity index (χ4n) is 1.10. The maximum Gasteiger partial charge on any atom is 0.121 e. The van der Waals surface area contributed by atoms with Crippen molar-refractivity contribution in [3.63, 3.8) is 0 Å². The number of hydrogen-bond acceptors (Lipinski definition) is 3. The summed E-state index contributed by atoms with van der Waals surface area (Å²) in [4.78, 5) is 0. The van der Waals surface area contributed by atoms with E-state index >= 15 is 0 Å². The van der Waals surface area contributed by atoms with Crippen LogP contribution in [0.4, 0.5) is 5.69 Å². The Morgan fingerprint density at radius 1 is 1.40 bits per heavy atom. The van der Waals surface area contributed by atoms with E-state index in [9.17, 15) is 0 Å². The van der Waals surface area contributed by atoms with Crippen molar-refractivity contribution in [2.75, 3.05) is 26.1 Å². The lowest BCUT2D eigenvalue weighted by Gasteiger charge is -2.13. The van der Waals surface area contributed by atoms with Gasteiger partial charge in [0, 0.05) is 19.7 Å². The fraction of sp³-hybridized carbons (Fsp3) is 0.455. The summed E-state index contributed by atoms with van der Waals surface area (Å²) >= 11 is 6.02. The summed E-state index contributed by atoms with van der Waals surface area (Å²) in [7, 11) is 3.31. The van der Waals surface area contributed by atoms with Gasteiger partial charge in [-0.1, -0.05) is 11.6 Å². The predicted octanol–water partition coefficient (Wildman–Crippen LogP) is 2.80. The SMILES string of the molecule is COc1ccc(Cl)c(NCC(C)OC)c1. The van der Waals surface area contributed by atoms with E-state index in [1.165, 1.54) is 0 Å². The van der Waals surface area contributed by atoms with Gasteiger partial charge in [0.15, 0.2) is 0 Å². The van der Waals surface area contributed by atoms with Crippen LogP contribution in [0.5, 0.6) is 5.75 Å². The lowest BCUT2D eigenvalue weighted by Crippen LogP contribution is -2.18. The molecule has 1 aromatic carbocycles. The van der Waals surface area contributed by atoms with Gasteiger partial charge in [-0.2, -0.15) is 0 Å². The van der Waals surface area contributed by atoms with Crippen molar-refractivity contribution in [3.05, 3.63) is 23.2 Å². The second-order valence-corrected chi connectivity index (χ2v) is 3.68. The Labute approximate surface area is 95.3 Å². The highest BCUT2D eigenvalue weighted by Gasteiger charge is 2.04. The van der Waals surface area contributed by atoms with E-state index in [0.29, 0.717) is 11.6 Å². The first-order valence-electron chi connectivity index (χ1n) is 4.77. The predicted molar refractivity (Wildman–Crippen MR) is 63.0 cm³/mol. The summed E-state index contributed by atoms with van der Waals surface area (Å²) in [5, 5.41) is 3.88. The first-order chi connectivity index (χ1) is 7.17. The molecular weight excluding hydrogens is 214 g/mol. The number of anilines is 1. The van der Waals surface area contributed by atoms with Gasteiger partial charge in [-0.15, -0.1) is 0 Å². The van der Waals surface area contributed by atoms with E-state index in [0.717, 1.165) is 11.4 Å². The maximum absolute atomic E-state index is 6.02. The van der Waals surface area contributed by atoms with Crippen molar-refractivity contribution in [1.82, 2.24) is 0 Å². The number of halogens is 1. The van der Waals surface area contributed by atoms with Crippen molar-refractivity contribution >= 4 is 17.3 Å². The molecule has 4 heteroatoms. The van der Waals surface area contributed by atoms with E-state index in [2.05, 4.69) is 5.32 Å². The number of nitrogens with one attached hydrogen (secondary N) is 1. The minimum Gasteiger partial charge on any atom is -0.497 e. The maximum atomic E-state index is 6.02. The molecule has 0 heterocycles. The zero-order valence-corrected chi connectivity index (χ0v) is 9.97. The van der Waals surface area contributed by atoms with Crippen LogP contribution in [0.2, 0.25) is 5.02 Å². The topological polar surface area (TPSA) is 30.5 Å². The number of ether oxygens (including phenoxy) is 2. The van der Waals surface area contributed by atoms with Gasteiger partial charge in [-0.05, 0) is 19.1 Å². The van der Waals surface area contributed by atoms with Gasteiger partial charge in [-0.3, -0.25) is 0 Å². The standard InChI is InChI=1S/C11H16ClNO2/c1-8(14-2)7-13-11-6-9(15-3)4-5-10(11)12/h4-6,8,13H,7H2,1-3H3. The van der Waals surface area contributed by atoms with Crippen LogP contribution in [0.25, 0.3) is 0 Å². The molecule has 0 aromatic heterocycles. The Kier molecular flexibility index (Phi) is 4.72. The highest BCUT2D eigenvalue weighted by atomic mass is 35.5. The van der Waals surface area contributed by atoms with Gasteiger partial charge in [0.25, 0.3) is 0 Å². The van der Waals surface area contributed by atoms with Gasteiger partial charge in [0.1, 0.15) is 5.75 Å². The van der Waals surface area contributed by atoms with Crippen molar-refractivity contribution in [2.24, 2.45) is 0 Å². The molecule has 0 aliphatic heterocycles. The van der Waals surface area contributed by atoms with Gasteiger partial charge in [0.2, 0.25) is 0 Å². The average Bonchev–Trinajstić information content (AvgIpc) is 2.27.